The van der Waals surface area contributed by atoms with Gasteiger partial charge in [-0.15, -0.1) is 11.8 Å². The minimum absolute atomic E-state index is 0.0202. The molecule has 0 aliphatic rings. The van der Waals surface area contributed by atoms with Crippen molar-refractivity contribution in [1.82, 2.24) is 4.98 Å². The van der Waals surface area contributed by atoms with E-state index in [-0.39, 0.29) is 5.69 Å². The number of non-ortho nitro benzene ring substituents is 1. The number of H-pyrrole nitrogens is 1. The van der Waals surface area contributed by atoms with Gasteiger partial charge in [0.2, 0.25) is 0 Å². The number of aromatic amines is 1. The molecule has 2 aromatic rings. The predicted molar refractivity (Wildman–Crippen MR) is 66.5 cm³/mol. The number of benzene rings is 1. The number of aromatic nitrogens is 1. The molecular weight excluding hydrogens is 248 g/mol. The molecule has 0 saturated heterocycles. The summed E-state index contributed by atoms with van der Waals surface area (Å²) in [6, 6.07) is 2.92. The van der Waals surface area contributed by atoms with Crippen LogP contribution >= 0.6 is 23.4 Å². The largest absolute Gasteiger partial charge is 0.356 e. The van der Waals surface area contributed by atoms with Gasteiger partial charge >= 0.3 is 0 Å². The van der Waals surface area contributed by atoms with Crippen molar-refractivity contribution in [2.24, 2.45) is 0 Å². The van der Waals surface area contributed by atoms with E-state index in [0.717, 1.165) is 21.5 Å². The molecule has 0 fully saturated rings. The number of aryl methyl sites for hydroxylation is 1. The Morgan fingerprint density at radius 3 is 2.75 bits per heavy atom. The zero-order valence-electron chi connectivity index (χ0n) is 8.70. The van der Waals surface area contributed by atoms with Crippen molar-refractivity contribution in [3.05, 3.63) is 33.0 Å². The molecule has 0 saturated carbocycles. The predicted octanol–water partition coefficient (Wildman–Crippen LogP) is 3.76. The van der Waals surface area contributed by atoms with Crippen LogP contribution in [-0.2, 0) is 0 Å². The number of nitro groups is 1. The van der Waals surface area contributed by atoms with E-state index in [9.17, 15) is 10.1 Å². The minimum atomic E-state index is -0.433. The lowest BCUT2D eigenvalue weighted by Gasteiger charge is -1.97. The molecule has 0 atom stereocenters. The standard InChI is InChI=1S/C10H9ClN2O2S/c1-5-10(16-2)7-3-6(13(14)15)4-8(11)9(7)12-5/h3-4,12H,1-2H3. The van der Waals surface area contributed by atoms with Gasteiger partial charge < -0.3 is 4.98 Å². The third-order valence-corrected chi connectivity index (χ3v) is 3.62. The van der Waals surface area contributed by atoms with Crippen LogP contribution < -0.4 is 0 Å². The summed E-state index contributed by atoms with van der Waals surface area (Å²) in [5.74, 6) is 0. The lowest BCUT2D eigenvalue weighted by atomic mass is 10.2. The number of nitrogens with zero attached hydrogens (tertiary/aromatic N) is 1. The quantitative estimate of drug-likeness (QED) is 0.506. The maximum Gasteiger partial charge on any atom is 0.271 e. The van der Waals surface area contributed by atoms with Crippen LogP contribution in [0.4, 0.5) is 5.69 Å². The number of nitro benzene ring substituents is 1. The van der Waals surface area contributed by atoms with E-state index in [1.54, 1.807) is 17.8 Å². The zero-order chi connectivity index (χ0) is 11.9. The van der Waals surface area contributed by atoms with Gasteiger partial charge in [-0.25, -0.2) is 0 Å². The van der Waals surface area contributed by atoms with Crippen LogP contribution in [0.1, 0.15) is 5.69 Å². The highest BCUT2D eigenvalue weighted by molar-refractivity contribution is 7.98. The Balaban J connectivity index is 2.83. The molecule has 16 heavy (non-hydrogen) atoms. The second kappa shape index (κ2) is 3.99. The van der Waals surface area contributed by atoms with Gasteiger partial charge in [-0.1, -0.05) is 11.6 Å². The fraction of sp³-hybridized carbons (Fsp3) is 0.200. The summed E-state index contributed by atoms with van der Waals surface area (Å²) < 4.78 is 0. The Hall–Kier alpha value is -1.20. The first kappa shape index (κ1) is 11.3. The molecule has 0 aliphatic carbocycles. The van der Waals surface area contributed by atoms with Crippen molar-refractivity contribution < 1.29 is 4.92 Å². The van der Waals surface area contributed by atoms with Crippen LogP contribution in [0.3, 0.4) is 0 Å². The van der Waals surface area contributed by atoms with Gasteiger partial charge in [-0.05, 0) is 13.2 Å². The van der Waals surface area contributed by atoms with Crippen LogP contribution in [0, 0.1) is 17.0 Å². The van der Waals surface area contributed by atoms with Crippen molar-refractivity contribution in [1.29, 1.82) is 0 Å². The fourth-order valence-electron chi connectivity index (χ4n) is 1.71. The lowest BCUT2D eigenvalue weighted by Crippen LogP contribution is -1.87. The molecule has 84 valence electrons. The van der Waals surface area contributed by atoms with E-state index in [2.05, 4.69) is 4.98 Å². The molecule has 0 radical (unpaired) electrons. The summed E-state index contributed by atoms with van der Waals surface area (Å²) >= 11 is 7.55. The Morgan fingerprint density at radius 2 is 2.19 bits per heavy atom. The van der Waals surface area contributed by atoms with Crippen LogP contribution in [0.2, 0.25) is 5.02 Å². The van der Waals surface area contributed by atoms with E-state index < -0.39 is 4.92 Å². The topological polar surface area (TPSA) is 58.9 Å². The van der Waals surface area contributed by atoms with Crippen LogP contribution in [0.15, 0.2) is 17.0 Å². The molecule has 0 spiro atoms. The summed E-state index contributed by atoms with van der Waals surface area (Å²) in [7, 11) is 0. The molecule has 4 nitrogen and oxygen atoms in total. The molecule has 1 aromatic carbocycles. The lowest BCUT2D eigenvalue weighted by molar-refractivity contribution is -0.384. The van der Waals surface area contributed by atoms with E-state index >= 15 is 0 Å². The fourth-order valence-corrected chi connectivity index (χ4v) is 2.71. The van der Waals surface area contributed by atoms with Crippen molar-refractivity contribution >= 4 is 40.0 Å². The van der Waals surface area contributed by atoms with Crippen molar-refractivity contribution in [3.63, 3.8) is 0 Å². The molecule has 2 rings (SSSR count). The number of hydrogen-bond acceptors (Lipinski definition) is 3. The van der Waals surface area contributed by atoms with E-state index in [4.69, 9.17) is 11.6 Å². The molecule has 0 aliphatic heterocycles. The highest BCUT2D eigenvalue weighted by Gasteiger charge is 2.16. The van der Waals surface area contributed by atoms with E-state index in [1.165, 1.54) is 6.07 Å². The van der Waals surface area contributed by atoms with E-state index in [1.807, 2.05) is 13.2 Å². The van der Waals surface area contributed by atoms with Crippen molar-refractivity contribution in [3.8, 4) is 0 Å². The summed E-state index contributed by atoms with van der Waals surface area (Å²) in [5.41, 5.74) is 1.76. The van der Waals surface area contributed by atoms with Gasteiger partial charge in [0.25, 0.3) is 5.69 Å². The minimum Gasteiger partial charge on any atom is -0.356 e. The van der Waals surface area contributed by atoms with Gasteiger partial charge in [0.15, 0.2) is 0 Å². The molecule has 0 unspecified atom stereocenters. The number of nitrogens with one attached hydrogen (secondary N) is 1. The number of thioether (sulfide) groups is 1. The summed E-state index contributed by atoms with van der Waals surface area (Å²) in [4.78, 5) is 14.4. The molecule has 1 N–H and O–H groups in total. The van der Waals surface area contributed by atoms with Gasteiger partial charge in [0.05, 0.1) is 15.5 Å². The van der Waals surface area contributed by atoms with Gasteiger partial charge in [0, 0.05) is 28.1 Å². The first-order valence-corrected chi connectivity index (χ1v) is 6.15. The molecule has 1 heterocycles. The Bertz CT molecular complexity index is 580. The zero-order valence-corrected chi connectivity index (χ0v) is 10.3. The SMILES string of the molecule is CSc1c(C)[nH]c2c(Cl)cc([N+](=O)[O-])cc12. The van der Waals surface area contributed by atoms with Gasteiger partial charge in [-0.3, -0.25) is 10.1 Å². The number of fused-ring (bicyclic) bond motifs is 1. The van der Waals surface area contributed by atoms with Crippen LogP contribution in [-0.4, -0.2) is 16.2 Å². The number of hydrogen-bond donors (Lipinski definition) is 1. The normalized spacial score (nSPS) is 10.9. The molecule has 0 amide bonds. The Morgan fingerprint density at radius 1 is 1.50 bits per heavy atom. The maximum atomic E-state index is 10.7. The average molecular weight is 257 g/mol. The number of halogens is 1. The second-order valence-electron chi connectivity index (χ2n) is 3.39. The third-order valence-electron chi connectivity index (χ3n) is 2.39. The first-order chi connectivity index (χ1) is 7.54. The summed E-state index contributed by atoms with van der Waals surface area (Å²) in [6.45, 7) is 1.92. The third kappa shape index (κ3) is 1.66. The average Bonchev–Trinajstić information content (AvgIpc) is 2.54. The maximum absolute atomic E-state index is 10.7. The summed E-state index contributed by atoms with van der Waals surface area (Å²) in [5, 5.41) is 11.9. The highest BCUT2D eigenvalue weighted by Crippen LogP contribution is 2.36. The van der Waals surface area contributed by atoms with Gasteiger partial charge in [-0.2, -0.15) is 0 Å². The van der Waals surface area contributed by atoms with Crippen LogP contribution in [0.25, 0.3) is 10.9 Å². The van der Waals surface area contributed by atoms with E-state index in [0.29, 0.717) is 5.02 Å². The first-order valence-electron chi connectivity index (χ1n) is 4.54. The van der Waals surface area contributed by atoms with Gasteiger partial charge in [0.1, 0.15) is 0 Å². The Kier molecular flexibility index (Phi) is 2.82. The molecule has 0 bridgehead atoms. The second-order valence-corrected chi connectivity index (χ2v) is 4.61. The molecule has 1 aromatic heterocycles. The smallest absolute Gasteiger partial charge is 0.271 e. The monoisotopic (exact) mass is 256 g/mol. The molecular formula is C10H9ClN2O2S. The van der Waals surface area contributed by atoms with Crippen molar-refractivity contribution in [2.45, 2.75) is 11.8 Å². The number of rotatable bonds is 2. The molecule has 6 heteroatoms. The Labute approximate surface area is 101 Å². The highest BCUT2D eigenvalue weighted by atomic mass is 35.5. The van der Waals surface area contributed by atoms with Crippen molar-refractivity contribution in [2.75, 3.05) is 6.26 Å². The van der Waals surface area contributed by atoms with Crippen LogP contribution in [0.5, 0.6) is 0 Å². The summed E-state index contributed by atoms with van der Waals surface area (Å²) in [6.07, 6.45) is 1.93.